The van der Waals surface area contributed by atoms with Gasteiger partial charge in [-0.05, 0) is 36.4 Å². The Labute approximate surface area is 181 Å². The Morgan fingerprint density at radius 2 is 1.90 bits per heavy atom. The van der Waals surface area contributed by atoms with Crippen molar-refractivity contribution in [3.8, 4) is 17.0 Å². The summed E-state index contributed by atoms with van der Waals surface area (Å²) >= 11 is 7.28. The highest BCUT2D eigenvalue weighted by Gasteiger charge is 2.11. The van der Waals surface area contributed by atoms with Crippen LogP contribution in [-0.2, 0) is 13.0 Å². The highest BCUT2D eigenvalue weighted by Crippen LogP contribution is 2.26. The Morgan fingerprint density at radius 3 is 2.60 bits per heavy atom. The summed E-state index contributed by atoms with van der Waals surface area (Å²) in [4.78, 5) is 21.1. The summed E-state index contributed by atoms with van der Waals surface area (Å²) in [5.41, 5.74) is 2.21. The molecule has 0 aliphatic carbocycles. The minimum absolute atomic E-state index is 0.196. The molecule has 9 heteroatoms. The second kappa shape index (κ2) is 9.06. The molecule has 0 radical (unpaired) electrons. The summed E-state index contributed by atoms with van der Waals surface area (Å²) in [6, 6.07) is 14.2. The number of carbonyl (C=O) groups excluding carboxylic acids is 1. The summed E-state index contributed by atoms with van der Waals surface area (Å²) in [6.07, 6.45) is 0.678. The van der Waals surface area contributed by atoms with Gasteiger partial charge in [0.25, 0.3) is 5.91 Å². The lowest BCUT2D eigenvalue weighted by molar-refractivity contribution is 0.102. The van der Waals surface area contributed by atoms with Crippen LogP contribution >= 0.6 is 22.9 Å². The van der Waals surface area contributed by atoms with Crippen LogP contribution in [0.25, 0.3) is 11.3 Å². The Hall–Kier alpha value is -3.23. The van der Waals surface area contributed by atoms with Gasteiger partial charge in [0.15, 0.2) is 11.7 Å². The number of hydrogen-bond donors (Lipinski definition) is 1. The fraction of sp³-hybridized carbons (Fsp3) is 0.143. The molecule has 0 atom stereocenters. The lowest BCUT2D eigenvalue weighted by Gasteiger charge is -2.05. The molecule has 0 saturated carbocycles. The van der Waals surface area contributed by atoms with E-state index in [9.17, 15) is 4.79 Å². The first-order valence-electron chi connectivity index (χ1n) is 9.18. The number of benzene rings is 2. The molecule has 2 heterocycles. The average molecular weight is 441 g/mol. The van der Waals surface area contributed by atoms with E-state index in [1.165, 1.54) is 11.3 Å². The summed E-state index contributed by atoms with van der Waals surface area (Å²) in [5.74, 6) is 1.41. The van der Waals surface area contributed by atoms with E-state index in [0.717, 1.165) is 11.3 Å². The molecule has 0 saturated heterocycles. The van der Waals surface area contributed by atoms with Crippen LogP contribution in [0.15, 0.2) is 58.4 Å². The Morgan fingerprint density at radius 1 is 1.13 bits per heavy atom. The normalized spacial score (nSPS) is 10.7. The van der Waals surface area contributed by atoms with E-state index in [4.69, 9.17) is 20.9 Å². The largest absolute Gasteiger partial charge is 0.485 e. The van der Waals surface area contributed by atoms with Crippen molar-refractivity contribution in [1.82, 2.24) is 15.1 Å². The van der Waals surface area contributed by atoms with Crippen LogP contribution in [0.1, 0.15) is 29.0 Å². The number of anilines is 1. The molecule has 30 heavy (non-hydrogen) atoms. The monoisotopic (exact) mass is 440 g/mol. The maximum atomic E-state index is 12.5. The van der Waals surface area contributed by atoms with Gasteiger partial charge in [0, 0.05) is 28.0 Å². The molecule has 4 aromatic rings. The van der Waals surface area contributed by atoms with Crippen LogP contribution in [0.3, 0.4) is 0 Å². The van der Waals surface area contributed by atoms with Crippen molar-refractivity contribution in [2.24, 2.45) is 0 Å². The quantitative estimate of drug-likeness (QED) is 0.422. The molecule has 1 amide bonds. The molecule has 0 aliphatic rings. The molecular weight excluding hydrogens is 424 g/mol. The van der Waals surface area contributed by atoms with Crippen LogP contribution in [0.4, 0.5) is 5.13 Å². The molecule has 7 nitrogen and oxygen atoms in total. The zero-order valence-corrected chi connectivity index (χ0v) is 17.5. The number of rotatable bonds is 7. The number of hydrogen-bond acceptors (Lipinski definition) is 7. The summed E-state index contributed by atoms with van der Waals surface area (Å²) in [5, 5.41) is 9.72. The third kappa shape index (κ3) is 4.84. The number of carbonyl (C=O) groups is 1. The van der Waals surface area contributed by atoms with Gasteiger partial charge in [-0.2, -0.15) is 4.98 Å². The molecule has 0 bridgehead atoms. The topological polar surface area (TPSA) is 90.1 Å². The van der Waals surface area contributed by atoms with E-state index >= 15 is 0 Å². The second-order valence-electron chi connectivity index (χ2n) is 6.27. The molecule has 2 aromatic carbocycles. The standard InChI is InChI=1S/C21H17ClN4O3S/c1-2-19-24-18(26-29-19)11-28-16-9-5-14(6-10-16)20(27)25-21-23-17(12-30-21)13-3-7-15(22)8-4-13/h3-10,12H,2,11H2,1H3,(H,23,25,27). The summed E-state index contributed by atoms with van der Waals surface area (Å²) in [7, 11) is 0. The first-order valence-corrected chi connectivity index (χ1v) is 10.4. The van der Waals surface area contributed by atoms with Crippen LogP contribution in [0.2, 0.25) is 5.02 Å². The van der Waals surface area contributed by atoms with Crippen molar-refractivity contribution < 1.29 is 14.1 Å². The predicted molar refractivity (Wildman–Crippen MR) is 115 cm³/mol. The number of amides is 1. The van der Waals surface area contributed by atoms with Crippen molar-refractivity contribution in [2.45, 2.75) is 20.0 Å². The van der Waals surface area contributed by atoms with Gasteiger partial charge < -0.3 is 9.26 Å². The van der Waals surface area contributed by atoms with E-state index in [2.05, 4.69) is 20.4 Å². The molecule has 2 aromatic heterocycles. The van der Waals surface area contributed by atoms with Crippen LogP contribution in [0, 0.1) is 0 Å². The number of aryl methyl sites for hydroxylation is 1. The SMILES string of the molecule is CCc1nc(COc2ccc(C(=O)Nc3nc(-c4ccc(Cl)cc4)cs3)cc2)no1. The van der Waals surface area contributed by atoms with Gasteiger partial charge in [0.1, 0.15) is 5.75 Å². The van der Waals surface area contributed by atoms with Crippen LogP contribution in [0.5, 0.6) is 5.75 Å². The van der Waals surface area contributed by atoms with Gasteiger partial charge in [-0.15, -0.1) is 11.3 Å². The van der Waals surface area contributed by atoms with Gasteiger partial charge in [-0.3, -0.25) is 10.1 Å². The van der Waals surface area contributed by atoms with Crippen molar-refractivity contribution in [3.63, 3.8) is 0 Å². The summed E-state index contributed by atoms with van der Waals surface area (Å²) in [6.45, 7) is 2.13. The van der Waals surface area contributed by atoms with Crippen LogP contribution in [-0.4, -0.2) is 21.0 Å². The first kappa shape index (κ1) is 20.1. The zero-order valence-electron chi connectivity index (χ0n) is 16.0. The highest BCUT2D eigenvalue weighted by molar-refractivity contribution is 7.14. The molecule has 152 valence electrons. The minimum Gasteiger partial charge on any atom is -0.485 e. The second-order valence-corrected chi connectivity index (χ2v) is 7.56. The van der Waals surface area contributed by atoms with E-state index in [-0.39, 0.29) is 12.5 Å². The average Bonchev–Trinajstić information content (AvgIpc) is 3.42. The van der Waals surface area contributed by atoms with E-state index in [0.29, 0.717) is 39.6 Å². The van der Waals surface area contributed by atoms with E-state index < -0.39 is 0 Å². The van der Waals surface area contributed by atoms with Crippen LogP contribution < -0.4 is 10.1 Å². The van der Waals surface area contributed by atoms with Gasteiger partial charge in [0.05, 0.1) is 5.69 Å². The number of halogens is 1. The van der Waals surface area contributed by atoms with Gasteiger partial charge in [-0.25, -0.2) is 4.98 Å². The minimum atomic E-state index is -0.246. The fourth-order valence-electron chi connectivity index (χ4n) is 2.60. The van der Waals surface area contributed by atoms with Gasteiger partial charge >= 0.3 is 0 Å². The third-order valence-electron chi connectivity index (χ3n) is 4.16. The number of nitrogens with zero attached hydrogens (tertiary/aromatic N) is 3. The maximum Gasteiger partial charge on any atom is 0.257 e. The molecule has 4 rings (SSSR count). The Balaban J connectivity index is 1.35. The van der Waals surface area contributed by atoms with Crippen molar-refractivity contribution >= 4 is 34.0 Å². The van der Waals surface area contributed by atoms with E-state index in [1.807, 2.05) is 24.4 Å². The van der Waals surface area contributed by atoms with Gasteiger partial charge in [-0.1, -0.05) is 35.8 Å². The summed E-state index contributed by atoms with van der Waals surface area (Å²) < 4.78 is 10.7. The number of ether oxygens (including phenoxy) is 1. The van der Waals surface area contributed by atoms with Gasteiger partial charge in [0.2, 0.25) is 11.7 Å². The maximum absolute atomic E-state index is 12.5. The molecular formula is C21H17ClN4O3S. The molecule has 0 fully saturated rings. The highest BCUT2D eigenvalue weighted by atomic mass is 35.5. The van der Waals surface area contributed by atoms with Crippen molar-refractivity contribution in [2.75, 3.05) is 5.32 Å². The first-order chi connectivity index (χ1) is 14.6. The molecule has 1 N–H and O–H groups in total. The Bertz CT molecular complexity index is 1140. The number of nitrogens with one attached hydrogen (secondary N) is 1. The van der Waals surface area contributed by atoms with Crippen molar-refractivity contribution in [1.29, 1.82) is 0 Å². The Kier molecular flexibility index (Phi) is 6.06. The smallest absolute Gasteiger partial charge is 0.257 e. The predicted octanol–water partition coefficient (Wildman–Crippen LogP) is 5.24. The third-order valence-corrected chi connectivity index (χ3v) is 5.17. The van der Waals surface area contributed by atoms with Crippen molar-refractivity contribution in [3.05, 3.63) is 76.2 Å². The fourth-order valence-corrected chi connectivity index (χ4v) is 3.44. The molecule has 0 unspecified atom stereocenters. The molecule has 0 aliphatic heterocycles. The lowest BCUT2D eigenvalue weighted by Crippen LogP contribution is -2.11. The number of thiazole rings is 1. The number of aromatic nitrogens is 3. The lowest BCUT2D eigenvalue weighted by atomic mass is 10.2. The zero-order chi connectivity index (χ0) is 20.9. The molecule has 0 spiro atoms. The van der Waals surface area contributed by atoms with E-state index in [1.54, 1.807) is 36.4 Å².